The number of hydrogen-bond acceptors (Lipinski definition) is 0. The average molecular weight is 639 g/mol. The molecule has 1 heteroatoms. The molecule has 0 spiro atoms. The van der Waals surface area contributed by atoms with Crippen LogP contribution in [0.2, 0.25) is 0 Å². The first-order valence-electron chi connectivity index (χ1n) is 17.2. The Bertz CT molecular complexity index is 2670. The van der Waals surface area contributed by atoms with Gasteiger partial charge in [-0.15, -0.1) is 0 Å². The van der Waals surface area contributed by atoms with Crippen LogP contribution in [-0.4, -0.2) is 0 Å². The van der Waals surface area contributed by atoms with E-state index < -0.39 is 6.67 Å². The van der Waals surface area contributed by atoms with Crippen molar-refractivity contribution >= 4 is 32.3 Å². The van der Waals surface area contributed by atoms with Crippen LogP contribution in [0.1, 0.15) is 5.56 Å². The lowest BCUT2D eigenvalue weighted by Gasteiger charge is -2.20. The highest BCUT2D eigenvalue weighted by Crippen LogP contribution is 2.58. The second-order valence-electron chi connectivity index (χ2n) is 13.3. The van der Waals surface area contributed by atoms with Crippen molar-refractivity contribution in [2.75, 3.05) is 0 Å². The molecular weight excluding hydrogens is 608 g/mol. The zero-order valence-electron chi connectivity index (χ0n) is 27.3. The third kappa shape index (κ3) is 4.37. The van der Waals surface area contributed by atoms with Gasteiger partial charge in [-0.2, -0.15) is 0 Å². The van der Waals surface area contributed by atoms with E-state index in [0.29, 0.717) is 5.56 Å². The van der Waals surface area contributed by atoms with Crippen LogP contribution >= 0.6 is 0 Å². The van der Waals surface area contributed by atoms with Gasteiger partial charge in [0.05, 0.1) is 0 Å². The number of rotatable bonds is 5. The SMILES string of the molecule is FCc1ccc(-c2ccc3cc(-c4ccc5c6c(cccc46)-c4c-5c(-c5ccccc5)c5ccccc5c4-c4ccccc4)ccc3c2)cc1. The Labute approximate surface area is 290 Å². The Morgan fingerprint density at radius 2 is 0.820 bits per heavy atom. The van der Waals surface area contributed by atoms with E-state index >= 15 is 0 Å². The summed E-state index contributed by atoms with van der Waals surface area (Å²) >= 11 is 0. The van der Waals surface area contributed by atoms with E-state index in [2.05, 4.69) is 152 Å². The van der Waals surface area contributed by atoms with E-state index in [1.165, 1.54) is 88.0 Å². The van der Waals surface area contributed by atoms with Gasteiger partial charge in [-0.1, -0.05) is 164 Å². The number of halogens is 1. The van der Waals surface area contributed by atoms with E-state index in [1.54, 1.807) is 0 Å². The molecule has 234 valence electrons. The van der Waals surface area contributed by atoms with Crippen molar-refractivity contribution in [3.05, 3.63) is 181 Å². The van der Waals surface area contributed by atoms with E-state index in [0.717, 1.165) is 11.1 Å². The summed E-state index contributed by atoms with van der Waals surface area (Å²) in [5.41, 5.74) is 15.6. The minimum atomic E-state index is -0.441. The smallest absolute Gasteiger partial charge is 0.115 e. The van der Waals surface area contributed by atoms with Crippen molar-refractivity contribution in [3.8, 4) is 66.8 Å². The molecule has 0 saturated heterocycles. The molecule has 0 saturated carbocycles. The minimum absolute atomic E-state index is 0.441. The molecule has 0 N–H and O–H groups in total. The number of fused-ring (bicyclic) bond motifs is 5. The Morgan fingerprint density at radius 3 is 1.44 bits per heavy atom. The van der Waals surface area contributed by atoms with Gasteiger partial charge in [-0.3, -0.25) is 0 Å². The summed E-state index contributed by atoms with van der Waals surface area (Å²) < 4.78 is 13.1. The van der Waals surface area contributed by atoms with E-state index in [9.17, 15) is 4.39 Å². The van der Waals surface area contributed by atoms with Gasteiger partial charge >= 0.3 is 0 Å². The highest BCUT2D eigenvalue weighted by atomic mass is 19.1. The zero-order valence-corrected chi connectivity index (χ0v) is 27.3. The lowest BCUT2D eigenvalue weighted by Crippen LogP contribution is -1.93. The summed E-state index contributed by atoms with van der Waals surface area (Å²) in [5.74, 6) is 0. The van der Waals surface area contributed by atoms with Crippen molar-refractivity contribution in [1.82, 2.24) is 0 Å². The average Bonchev–Trinajstić information content (AvgIpc) is 3.52. The molecule has 0 heterocycles. The van der Waals surface area contributed by atoms with Gasteiger partial charge in [0.15, 0.2) is 0 Å². The van der Waals surface area contributed by atoms with Crippen LogP contribution in [0.3, 0.4) is 0 Å². The highest BCUT2D eigenvalue weighted by molar-refractivity contribution is 6.28. The molecule has 0 fully saturated rings. The lowest BCUT2D eigenvalue weighted by molar-refractivity contribution is 0.485. The van der Waals surface area contributed by atoms with Crippen molar-refractivity contribution < 1.29 is 4.39 Å². The van der Waals surface area contributed by atoms with Gasteiger partial charge in [0.25, 0.3) is 0 Å². The largest absolute Gasteiger partial charge is 0.246 e. The van der Waals surface area contributed by atoms with E-state index in [4.69, 9.17) is 0 Å². The fraction of sp³-hybridized carbons (Fsp3) is 0.0204. The van der Waals surface area contributed by atoms with Crippen LogP contribution in [0, 0.1) is 0 Å². The van der Waals surface area contributed by atoms with Crippen LogP contribution in [-0.2, 0) is 6.67 Å². The van der Waals surface area contributed by atoms with E-state index in [-0.39, 0.29) is 0 Å². The fourth-order valence-electron chi connectivity index (χ4n) is 8.24. The summed E-state index contributed by atoms with van der Waals surface area (Å²) in [5, 5.41) is 7.51. The predicted molar refractivity (Wildman–Crippen MR) is 210 cm³/mol. The number of hydrogen-bond donors (Lipinski definition) is 0. The summed E-state index contributed by atoms with van der Waals surface area (Å²) in [6.07, 6.45) is 0. The lowest BCUT2D eigenvalue weighted by atomic mass is 9.82. The summed E-state index contributed by atoms with van der Waals surface area (Å²) in [6.45, 7) is -0.441. The van der Waals surface area contributed by atoms with Crippen molar-refractivity contribution in [1.29, 1.82) is 0 Å². The van der Waals surface area contributed by atoms with Crippen LogP contribution in [0.15, 0.2) is 176 Å². The first-order valence-corrected chi connectivity index (χ1v) is 17.2. The molecule has 10 rings (SSSR count). The normalized spacial score (nSPS) is 11.8. The number of alkyl halides is 1. The fourth-order valence-corrected chi connectivity index (χ4v) is 8.24. The third-order valence-corrected chi connectivity index (χ3v) is 10.5. The molecule has 0 aromatic heterocycles. The van der Waals surface area contributed by atoms with Crippen LogP contribution in [0.25, 0.3) is 99.1 Å². The maximum absolute atomic E-state index is 13.1. The van der Waals surface area contributed by atoms with Gasteiger partial charge in [-0.25, -0.2) is 4.39 Å². The molecule has 0 amide bonds. The van der Waals surface area contributed by atoms with Crippen molar-refractivity contribution in [3.63, 3.8) is 0 Å². The molecule has 0 nitrogen and oxygen atoms in total. The topological polar surface area (TPSA) is 0 Å². The Kier molecular flexibility index (Phi) is 6.54. The van der Waals surface area contributed by atoms with Gasteiger partial charge in [-0.05, 0) is 117 Å². The number of benzene rings is 9. The second kappa shape index (κ2) is 11.4. The molecule has 1 aliphatic rings. The van der Waals surface area contributed by atoms with Gasteiger partial charge in [0, 0.05) is 0 Å². The highest BCUT2D eigenvalue weighted by Gasteiger charge is 2.31. The molecule has 50 heavy (non-hydrogen) atoms. The standard InChI is InChI=1S/C49H31F/c50-30-31-18-20-32(21-19-31)35-22-23-37-29-38(25-24-36(37)28-35)39-26-27-44-47-40(39)16-9-17-43(47)48-45(33-10-3-1-4-11-33)41-14-7-8-15-42(41)46(49(44)48)34-12-5-2-6-13-34/h1-29H,30H2. The maximum atomic E-state index is 13.1. The van der Waals surface area contributed by atoms with Crippen LogP contribution < -0.4 is 0 Å². The zero-order chi connectivity index (χ0) is 33.2. The predicted octanol–water partition coefficient (Wildman–Crippen LogP) is 13.9. The molecule has 9 aromatic carbocycles. The van der Waals surface area contributed by atoms with Gasteiger partial charge in [0.2, 0.25) is 0 Å². The maximum Gasteiger partial charge on any atom is 0.115 e. The monoisotopic (exact) mass is 638 g/mol. The summed E-state index contributed by atoms with van der Waals surface area (Å²) in [4.78, 5) is 0. The first-order chi connectivity index (χ1) is 24.8. The molecular formula is C49H31F. The van der Waals surface area contributed by atoms with E-state index in [1.807, 2.05) is 24.3 Å². The Hall–Kier alpha value is -6.31. The molecule has 0 atom stereocenters. The van der Waals surface area contributed by atoms with Crippen LogP contribution in [0.5, 0.6) is 0 Å². The van der Waals surface area contributed by atoms with Crippen molar-refractivity contribution in [2.45, 2.75) is 6.67 Å². The molecule has 0 bridgehead atoms. The van der Waals surface area contributed by atoms with Crippen molar-refractivity contribution in [2.24, 2.45) is 0 Å². The second-order valence-corrected chi connectivity index (χ2v) is 13.3. The quantitative estimate of drug-likeness (QED) is 0.176. The van der Waals surface area contributed by atoms with Gasteiger partial charge in [0.1, 0.15) is 6.67 Å². The minimum Gasteiger partial charge on any atom is -0.246 e. The molecule has 0 unspecified atom stereocenters. The summed E-state index contributed by atoms with van der Waals surface area (Å²) in [7, 11) is 0. The first kappa shape index (κ1) is 28.7. The Morgan fingerprint density at radius 1 is 0.320 bits per heavy atom. The van der Waals surface area contributed by atoms with Gasteiger partial charge < -0.3 is 0 Å². The molecule has 9 aromatic rings. The molecule has 0 radical (unpaired) electrons. The molecule has 1 aliphatic carbocycles. The molecule has 0 aliphatic heterocycles. The third-order valence-electron chi connectivity index (χ3n) is 10.5. The Balaban J connectivity index is 1.20. The van der Waals surface area contributed by atoms with Crippen LogP contribution in [0.4, 0.5) is 4.39 Å². The summed E-state index contributed by atoms with van der Waals surface area (Å²) in [6, 6.07) is 63.4.